The maximum absolute atomic E-state index is 5.05. The van der Waals surface area contributed by atoms with Gasteiger partial charge in [0.1, 0.15) is 0 Å². The lowest BCUT2D eigenvalue weighted by Gasteiger charge is -2.17. The minimum atomic E-state index is 0.732. The number of fused-ring (bicyclic) bond motifs is 3. The number of para-hydroxylation sites is 2. The van der Waals surface area contributed by atoms with Gasteiger partial charge in [-0.15, -0.1) is 0 Å². The maximum Gasteiger partial charge on any atom is 0.160 e. The van der Waals surface area contributed by atoms with Crippen molar-refractivity contribution in [2.75, 3.05) is 0 Å². The molecule has 0 aliphatic heterocycles. The third-order valence-electron chi connectivity index (χ3n) is 10.2. The van der Waals surface area contributed by atoms with E-state index in [-0.39, 0.29) is 0 Å². The third-order valence-corrected chi connectivity index (χ3v) is 10.2. The smallest absolute Gasteiger partial charge is 0.160 e. The summed E-state index contributed by atoms with van der Waals surface area (Å²) in [5.74, 6) is 0.732. The van der Waals surface area contributed by atoms with Gasteiger partial charge in [0.15, 0.2) is 5.82 Å². The van der Waals surface area contributed by atoms with Gasteiger partial charge in [-0.1, -0.05) is 189 Å². The molecule has 0 saturated heterocycles. The van der Waals surface area contributed by atoms with Gasteiger partial charge >= 0.3 is 0 Å². The Morgan fingerprint density at radius 3 is 1.46 bits per heavy atom. The SMILES string of the molecule is C1=C(c2ccc(-n3c4ccccc4c4ccccc43)cc2)CCC(c2cccc(-c3cc(-c4ccccc4)nc(-c4ccccc4)n3)c2)=C1.C=C/C=C\C.C=C/C=C\C. The van der Waals surface area contributed by atoms with Crippen molar-refractivity contribution in [3.63, 3.8) is 0 Å². The fourth-order valence-corrected chi connectivity index (χ4v) is 7.36. The average Bonchev–Trinajstić information content (AvgIpc) is 3.65. The minimum absolute atomic E-state index is 0.732. The second-order valence-corrected chi connectivity index (χ2v) is 14.1. The second kappa shape index (κ2) is 19.7. The van der Waals surface area contributed by atoms with E-state index < -0.39 is 0 Å². The summed E-state index contributed by atoms with van der Waals surface area (Å²) in [6.07, 6.45) is 17.7. The van der Waals surface area contributed by atoms with Crippen LogP contribution in [0, 0.1) is 0 Å². The predicted molar refractivity (Wildman–Crippen MR) is 254 cm³/mol. The zero-order chi connectivity index (χ0) is 40.8. The molecule has 8 aromatic rings. The van der Waals surface area contributed by atoms with E-state index in [1.165, 1.54) is 49.8 Å². The zero-order valence-electron chi connectivity index (χ0n) is 33.9. The van der Waals surface area contributed by atoms with Gasteiger partial charge in [0.2, 0.25) is 0 Å². The van der Waals surface area contributed by atoms with Crippen LogP contribution >= 0.6 is 0 Å². The number of benzene rings is 6. The lowest BCUT2D eigenvalue weighted by atomic mass is 9.89. The summed E-state index contributed by atoms with van der Waals surface area (Å²) in [5.41, 5.74) is 13.9. The summed E-state index contributed by atoms with van der Waals surface area (Å²) in [5, 5.41) is 2.57. The van der Waals surface area contributed by atoms with Crippen LogP contribution < -0.4 is 0 Å². The van der Waals surface area contributed by atoms with Crippen molar-refractivity contribution in [1.82, 2.24) is 14.5 Å². The summed E-state index contributed by atoms with van der Waals surface area (Å²) >= 11 is 0. The third kappa shape index (κ3) is 9.44. The highest BCUT2D eigenvalue weighted by Gasteiger charge is 2.15. The monoisotopic (exact) mass is 763 g/mol. The summed E-state index contributed by atoms with van der Waals surface area (Å²) < 4.78 is 2.37. The van der Waals surface area contributed by atoms with E-state index in [4.69, 9.17) is 9.97 Å². The molecule has 2 aromatic heterocycles. The van der Waals surface area contributed by atoms with Crippen LogP contribution in [0.4, 0.5) is 0 Å². The quantitative estimate of drug-likeness (QED) is 0.144. The van der Waals surface area contributed by atoms with Crippen molar-refractivity contribution in [1.29, 1.82) is 0 Å². The Balaban J connectivity index is 0.000000475. The highest BCUT2D eigenvalue weighted by Crippen LogP contribution is 2.36. The fourth-order valence-electron chi connectivity index (χ4n) is 7.36. The van der Waals surface area contributed by atoms with Crippen molar-refractivity contribution in [2.45, 2.75) is 26.7 Å². The van der Waals surface area contributed by atoms with Crippen molar-refractivity contribution >= 4 is 33.0 Å². The van der Waals surface area contributed by atoms with Crippen molar-refractivity contribution in [3.05, 3.63) is 237 Å². The van der Waals surface area contributed by atoms with Crippen LogP contribution in [0.15, 0.2) is 226 Å². The standard InChI is InChI=1S/C46H33N3.2C5H8/c1-3-12-35(13-4-1)42-31-43(48-46(47-42)36-14-5-2-6-15-36)38-17-11-16-37(30-38)34-24-22-32(23-25-34)33-26-28-39(29-27-33)49-44-20-9-7-18-40(44)41-19-8-10-21-45(41)49;2*1-3-5-4-2/h1-22,24,26-31H,23,25H2;2*3-5H,1H2,2H3/b;2*5-4-. The van der Waals surface area contributed by atoms with Gasteiger partial charge in [-0.3, -0.25) is 0 Å². The molecule has 0 bridgehead atoms. The number of allylic oxidation sites excluding steroid dienone is 10. The molecule has 3 heteroatoms. The van der Waals surface area contributed by atoms with Crippen molar-refractivity contribution < 1.29 is 0 Å². The number of hydrogen-bond donors (Lipinski definition) is 0. The Bertz CT molecular complexity index is 2670. The van der Waals surface area contributed by atoms with E-state index in [0.29, 0.717) is 0 Å². The molecule has 288 valence electrons. The molecule has 0 spiro atoms. The zero-order valence-corrected chi connectivity index (χ0v) is 33.9. The molecule has 0 amide bonds. The molecule has 3 nitrogen and oxygen atoms in total. The van der Waals surface area contributed by atoms with Crippen LogP contribution in [0.2, 0.25) is 0 Å². The Hall–Kier alpha value is -7.36. The maximum atomic E-state index is 5.05. The van der Waals surface area contributed by atoms with E-state index in [1.807, 2.05) is 62.4 Å². The lowest BCUT2D eigenvalue weighted by Crippen LogP contribution is -1.97. The predicted octanol–water partition coefficient (Wildman–Crippen LogP) is 15.3. The Kier molecular flexibility index (Phi) is 13.3. The summed E-state index contributed by atoms with van der Waals surface area (Å²) in [6, 6.07) is 57.9. The van der Waals surface area contributed by atoms with E-state index in [1.54, 1.807) is 12.2 Å². The number of hydrogen-bond acceptors (Lipinski definition) is 2. The Morgan fingerprint density at radius 2 is 0.932 bits per heavy atom. The molecule has 6 aromatic carbocycles. The highest BCUT2D eigenvalue weighted by molar-refractivity contribution is 6.09. The topological polar surface area (TPSA) is 30.7 Å². The van der Waals surface area contributed by atoms with Gasteiger partial charge in [0.05, 0.1) is 22.4 Å². The minimum Gasteiger partial charge on any atom is -0.309 e. The molecule has 2 heterocycles. The van der Waals surface area contributed by atoms with E-state index >= 15 is 0 Å². The Morgan fingerprint density at radius 1 is 0.458 bits per heavy atom. The second-order valence-electron chi connectivity index (χ2n) is 14.1. The fraction of sp³-hybridized carbons (Fsp3) is 0.0714. The normalized spacial score (nSPS) is 12.3. The molecule has 1 aliphatic carbocycles. The molecular weight excluding hydrogens is 715 g/mol. The first-order valence-corrected chi connectivity index (χ1v) is 20.2. The van der Waals surface area contributed by atoms with Crippen LogP contribution in [0.5, 0.6) is 0 Å². The van der Waals surface area contributed by atoms with Gasteiger partial charge < -0.3 is 4.57 Å². The van der Waals surface area contributed by atoms with E-state index in [0.717, 1.165) is 46.7 Å². The number of rotatable bonds is 8. The summed E-state index contributed by atoms with van der Waals surface area (Å²) in [4.78, 5) is 10.0. The average molecular weight is 764 g/mol. The van der Waals surface area contributed by atoms with Crippen LogP contribution in [-0.2, 0) is 0 Å². The van der Waals surface area contributed by atoms with Gasteiger partial charge in [-0.2, -0.15) is 0 Å². The highest BCUT2D eigenvalue weighted by atomic mass is 15.0. The van der Waals surface area contributed by atoms with Crippen molar-refractivity contribution in [3.8, 4) is 39.6 Å². The molecular formula is C56H49N3. The molecule has 9 rings (SSSR count). The molecule has 0 fully saturated rings. The molecule has 0 atom stereocenters. The van der Waals surface area contributed by atoms with Gasteiger partial charge in [-0.05, 0) is 85.4 Å². The number of aromatic nitrogens is 3. The molecule has 1 aliphatic rings. The van der Waals surface area contributed by atoms with Crippen LogP contribution in [0.25, 0.3) is 72.5 Å². The van der Waals surface area contributed by atoms with Gasteiger partial charge in [0, 0.05) is 33.2 Å². The van der Waals surface area contributed by atoms with Crippen LogP contribution in [0.1, 0.15) is 37.8 Å². The first-order chi connectivity index (χ1) is 29.1. The molecule has 59 heavy (non-hydrogen) atoms. The lowest BCUT2D eigenvalue weighted by molar-refractivity contribution is 1.07. The van der Waals surface area contributed by atoms with Crippen molar-refractivity contribution in [2.24, 2.45) is 0 Å². The molecule has 0 unspecified atom stereocenters. The van der Waals surface area contributed by atoms with Gasteiger partial charge in [-0.25, -0.2) is 9.97 Å². The molecule has 0 N–H and O–H groups in total. The summed E-state index contributed by atoms with van der Waals surface area (Å²) in [6.45, 7) is 10.8. The molecule has 0 radical (unpaired) electrons. The largest absolute Gasteiger partial charge is 0.309 e. The van der Waals surface area contributed by atoms with E-state index in [9.17, 15) is 0 Å². The van der Waals surface area contributed by atoms with Gasteiger partial charge in [0.25, 0.3) is 0 Å². The van der Waals surface area contributed by atoms with Crippen LogP contribution in [0.3, 0.4) is 0 Å². The molecule has 0 saturated carbocycles. The van der Waals surface area contributed by atoms with E-state index in [2.05, 4.69) is 169 Å². The Labute approximate surface area is 349 Å². The van der Waals surface area contributed by atoms with Crippen LogP contribution in [-0.4, -0.2) is 14.5 Å². The summed E-state index contributed by atoms with van der Waals surface area (Å²) in [7, 11) is 0. The first kappa shape index (κ1) is 39.9. The first-order valence-electron chi connectivity index (χ1n) is 20.2. The number of nitrogens with zero attached hydrogens (tertiary/aromatic N) is 3.